The highest BCUT2D eigenvalue weighted by Crippen LogP contribution is 2.56. The van der Waals surface area contributed by atoms with E-state index in [0.29, 0.717) is 0 Å². The summed E-state index contributed by atoms with van der Waals surface area (Å²) in [4.78, 5) is 0. The number of hydrogen-bond donors (Lipinski definition) is 0. The van der Waals surface area contributed by atoms with E-state index in [0.717, 1.165) is 12.8 Å². The number of hydrogen-bond acceptors (Lipinski definition) is 0. The van der Waals surface area contributed by atoms with Crippen molar-refractivity contribution in [3.8, 4) is 22.3 Å². The Morgan fingerprint density at radius 1 is 0.419 bits per heavy atom. The third kappa shape index (κ3) is 3.97. The highest BCUT2D eigenvalue weighted by atomic mass is 14.5. The van der Waals surface area contributed by atoms with Crippen LogP contribution in [-0.4, -0.2) is 0 Å². The van der Waals surface area contributed by atoms with Gasteiger partial charge in [-0.05, 0) is 104 Å². The molecule has 206 valence electrons. The van der Waals surface area contributed by atoms with E-state index in [1.54, 1.807) is 11.1 Å². The highest BCUT2D eigenvalue weighted by Gasteiger charge is 2.43. The van der Waals surface area contributed by atoms with Gasteiger partial charge in [-0.2, -0.15) is 0 Å². The molecule has 0 amide bonds. The lowest BCUT2D eigenvalue weighted by molar-refractivity contribution is 0.437. The largest absolute Gasteiger partial charge is 0.0616 e. The van der Waals surface area contributed by atoms with E-state index in [-0.39, 0.29) is 5.41 Å². The van der Waals surface area contributed by atoms with E-state index >= 15 is 0 Å². The summed E-state index contributed by atoms with van der Waals surface area (Å²) in [5.41, 5.74) is 14.7. The predicted octanol–water partition coefficient (Wildman–Crippen LogP) is 11.5. The minimum atomic E-state index is 0.166. The lowest BCUT2D eigenvalue weighted by Gasteiger charge is -2.33. The fourth-order valence-electron chi connectivity index (χ4n) is 8.39. The number of allylic oxidation sites excluding steroid dienone is 2. The highest BCUT2D eigenvalue weighted by molar-refractivity contribution is 5.92. The van der Waals surface area contributed by atoms with E-state index in [9.17, 15) is 0 Å². The second-order valence-electron chi connectivity index (χ2n) is 12.9. The molecule has 1 saturated carbocycles. The lowest BCUT2D eigenvalue weighted by atomic mass is 9.71. The molecule has 1 fully saturated rings. The first-order chi connectivity index (χ1) is 21.2. The topological polar surface area (TPSA) is 0 Å². The SMILES string of the molecule is C1=C(C2(C3=Cc4c(cccc4-c4ccc5ccccc5c4)C3)CCCC2)Cc2cccc(-c3ccc4ccccc4c3)c21. The monoisotopic (exact) mass is 550 g/mol. The summed E-state index contributed by atoms with van der Waals surface area (Å²) in [5.74, 6) is 0. The zero-order valence-electron chi connectivity index (χ0n) is 24.4. The molecule has 0 radical (unpaired) electrons. The van der Waals surface area contributed by atoms with Crippen LogP contribution < -0.4 is 0 Å². The Labute approximate surface area is 254 Å². The molecule has 3 aliphatic rings. The third-order valence-corrected chi connectivity index (χ3v) is 10.6. The molecule has 0 aromatic heterocycles. The molecule has 9 rings (SSSR count). The summed E-state index contributed by atoms with van der Waals surface area (Å²) in [5, 5.41) is 5.22. The Morgan fingerprint density at radius 2 is 0.884 bits per heavy atom. The quantitative estimate of drug-likeness (QED) is 0.205. The van der Waals surface area contributed by atoms with E-state index in [2.05, 4.69) is 133 Å². The van der Waals surface area contributed by atoms with E-state index in [4.69, 9.17) is 0 Å². The molecule has 6 aromatic carbocycles. The first-order valence-corrected chi connectivity index (χ1v) is 15.9. The van der Waals surface area contributed by atoms with Crippen LogP contribution >= 0.6 is 0 Å². The van der Waals surface area contributed by atoms with Crippen LogP contribution in [0.4, 0.5) is 0 Å². The van der Waals surface area contributed by atoms with Gasteiger partial charge in [-0.15, -0.1) is 0 Å². The Morgan fingerprint density at radius 3 is 1.37 bits per heavy atom. The Balaban J connectivity index is 1.12. The maximum Gasteiger partial charge on any atom is 0.0134 e. The van der Waals surface area contributed by atoms with Crippen LogP contribution in [0, 0.1) is 5.41 Å². The first kappa shape index (κ1) is 24.9. The molecule has 0 nitrogen and oxygen atoms in total. The number of rotatable bonds is 4. The van der Waals surface area contributed by atoms with Crippen LogP contribution in [0.1, 0.15) is 47.9 Å². The molecule has 0 heteroatoms. The molecule has 0 N–H and O–H groups in total. The van der Waals surface area contributed by atoms with Crippen molar-refractivity contribution in [3.63, 3.8) is 0 Å². The van der Waals surface area contributed by atoms with Gasteiger partial charge in [0.05, 0.1) is 0 Å². The molecular weight excluding hydrogens is 516 g/mol. The normalized spacial score (nSPS) is 16.7. The van der Waals surface area contributed by atoms with Crippen LogP contribution in [0.2, 0.25) is 0 Å². The summed E-state index contributed by atoms with van der Waals surface area (Å²) in [6.45, 7) is 0. The second kappa shape index (κ2) is 9.68. The van der Waals surface area contributed by atoms with E-state index in [1.165, 1.54) is 91.7 Å². The molecule has 0 unspecified atom stereocenters. The molecule has 0 atom stereocenters. The van der Waals surface area contributed by atoms with Gasteiger partial charge in [0.2, 0.25) is 0 Å². The molecule has 6 aromatic rings. The fourth-order valence-corrected chi connectivity index (χ4v) is 8.39. The van der Waals surface area contributed by atoms with Gasteiger partial charge in [0.25, 0.3) is 0 Å². The zero-order chi connectivity index (χ0) is 28.4. The molecule has 0 spiro atoms. The van der Waals surface area contributed by atoms with Crippen molar-refractivity contribution in [2.45, 2.75) is 38.5 Å². The second-order valence-corrected chi connectivity index (χ2v) is 12.9. The predicted molar refractivity (Wildman–Crippen MR) is 183 cm³/mol. The van der Waals surface area contributed by atoms with Crippen LogP contribution in [0.15, 0.2) is 132 Å². The molecule has 0 heterocycles. The molecule has 0 aliphatic heterocycles. The van der Waals surface area contributed by atoms with Crippen molar-refractivity contribution >= 4 is 33.7 Å². The van der Waals surface area contributed by atoms with E-state index < -0.39 is 0 Å². The van der Waals surface area contributed by atoms with Crippen LogP contribution in [0.3, 0.4) is 0 Å². The summed E-state index contributed by atoms with van der Waals surface area (Å²) in [6, 6.07) is 45.2. The van der Waals surface area contributed by atoms with Gasteiger partial charge in [0.15, 0.2) is 0 Å². The van der Waals surface area contributed by atoms with Gasteiger partial charge in [0.1, 0.15) is 0 Å². The molecule has 0 saturated heterocycles. The molecule has 0 bridgehead atoms. The van der Waals surface area contributed by atoms with Gasteiger partial charge < -0.3 is 0 Å². The standard InChI is InChI=1S/C43H34/c1-3-11-31-23-35(19-17-29(31)9-1)39-15-7-13-33-25-37(27-41(33)39)43(21-5-6-22-43)38-26-34-14-8-16-40(42(34)28-38)36-20-18-30-10-2-4-12-32(30)24-36/h1-4,7-20,23-24,27-28H,5-6,21-22,25-26H2. The van der Waals surface area contributed by atoms with Crippen molar-refractivity contribution in [1.29, 1.82) is 0 Å². The van der Waals surface area contributed by atoms with Crippen LogP contribution in [0.5, 0.6) is 0 Å². The fraction of sp³-hybridized carbons (Fsp3) is 0.163. The van der Waals surface area contributed by atoms with Crippen molar-refractivity contribution < 1.29 is 0 Å². The van der Waals surface area contributed by atoms with Gasteiger partial charge in [-0.25, -0.2) is 0 Å². The maximum atomic E-state index is 2.60. The van der Waals surface area contributed by atoms with Crippen molar-refractivity contribution in [2.75, 3.05) is 0 Å². The van der Waals surface area contributed by atoms with Crippen molar-refractivity contribution in [1.82, 2.24) is 0 Å². The van der Waals surface area contributed by atoms with Gasteiger partial charge >= 0.3 is 0 Å². The minimum Gasteiger partial charge on any atom is -0.0616 e. The Kier molecular flexibility index (Phi) is 5.60. The number of fused-ring (bicyclic) bond motifs is 4. The third-order valence-electron chi connectivity index (χ3n) is 10.6. The average Bonchev–Trinajstić information content (AvgIpc) is 3.83. The summed E-state index contributed by atoms with van der Waals surface area (Å²) in [7, 11) is 0. The van der Waals surface area contributed by atoms with Gasteiger partial charge in [0, 0.05) is 5.41 Å². The summed E-state index contributed by atoms with van der Waals surface area (Å²) < 4.78 is 0. The Bertz CT molecular complexity index is 1980. The molecule has 3 aliphatic carbocycles. The average molecular weight is 551 g/mol. The van der Waals surface area contributed by atoms with Crippen molar-refractivity contribution in [2.24, 2.45) is 5.41 Å². The number of benzene rings is 6. The molecule has 43 heavy (non-hydrogen) atoms. The van der Waals surface area contributed by atoms with Gasteiger partial charge in [-0.3, -0.25) is 0 Å². The maximum absolute atomic E-state index is 2.60. The molecular formula is C43H34. The summed E-state index contributed by atoms with van der Waals surface area (Å²) >= 11 is 0. The van der Waals surface area contributed by atoms with Crippen molar-refractivity contribution in [3.05, 3.63) is 155 Å². The lowest BCUT2D eigenvalue weighted by Crippen LogP contribution is -2.22. The first-order valence-electron chi connectivity index (χ1n) is 15.9. The minimum absolute atomic E-state index is 0.166. The van der Waals surface area contributed by atoms with Gasteiger partial charge in [-0.1, -0.05) is 145 Å². The smallest absolute Gasteiger partial charge is 0.0134 e. The Hall–Kier alpha value is -4.68. The van der Waals surface area contributed by atoms with Crippen LogP contribution in [0.25, 0.3) is 56.0 Å². The summed E-state index contributed by atoms with van der Waals surface area (Å²) in [6.07, 6.45) is 12.5. The zero-order valence-corrected chi connectivity index (χ0v) is 24.4. The van der Waals surface area contributed by atoms with E-state index in [1.807, 2.05) is 0 Å². The van der Waals surface area contributed by atoms with Crippen LogP contribution in [-0.2, 0) is 12.8 Å².